The summed E-state index contributed by atoms with van der Waals surface area (Å²) in [6.07, 6.45) is 5.61. The summed E-state index contributed by atoms with van der Waals surface area (Å²) in [5.74, 6) is 1.59. The van der Waals surface area contributed by atoms with E-state index in [4.69, 9.17) is 0 Å². The maximum Gasteiger partial charge on any atom is 0.156 e. The lowest BCUT2D eigenvalue weighted by atomic mass is 10.1. The number of hydrogen-bond acceptors (Lipinski definition) is 5. The molecule has 0 spiro atoms. The predicted molar refractivity (Wildman–Crippen MR) is 88.1 cm³/mol. The molecule has 1 aromatic heterocycles. The summed E-state index contributed by atoms with van der Waals surface area (Å²) in [6.45, 7) is 8.23. The first-order valence-corrected chi connectivity index (χ1v) is 7.74. The van der Waals surface area contributed by atoms with E-state index in [2.05, 4.69) is 28.7 Å². The summed E-state index contributed by atoms with van der Waals surface area (Å²) in [5, 5.41) is 0. The van der Waals surface area contributed by atoms with Crippen LogP contribution >= 0.6 is 0 Å². The molecule has 1 aromatic rings. The zero-order valence-corrected chi connectivity index (χ0v) is 14.1. The number of hydrogen-bond donors (Lipinski definition) is 0. The molecular formula is C16H28N4O. The largest absolute Gasteiger partial charge is 0.373 e. The first kappa shape index (κ1) is 17.4. The quantitative estimate of drug-likeness (QED) is 0.690. The Hall–Kier alpha value is -1.65. The normalized spacial score (nSPS) is 12.3. The molecule has 0 aliphatic heterocycles. The van der Waals surface area contributed by atoms with Crippen LogP contribution in [0.2, 0.25) is 0 Å². The van der Waals surface area contributed by atoms with Crippen LogP contribution in [0.15, 0.2) is 6.20 Å². The van der Waals surface area contributed by atoms with Crippen molar-refractivity contribution in [2.75, 3.05) is 23.9 Å². The van der Waals surface area contributed by atoms with Gasteiger partial charge >= 0.3 is 0 Å². The van der Waals surface area contributed by atoms with Crippen LogP contribution in [-0.4, -0.2) is 42.4 Å². The Morgan fingerprint density at radius 2 is 1.81 bits per heavy atom. The highest BCUT2D eigenvalue weighted by Gasteiger charge is 2.27. The van der Waals surface area contributed by atoms with Crippen LogP contribution in [0.3, 0.4) is 0 Å². The minimum atomic E-state index is -0.150. The third-order valence-corrected chi connectivity index (χ3v) is 3.87. The highest BCUT2D eigenvalue weighted by atomic mass is 16.1. The van der Waals surface area contributed by atoms with Gasteiger partial charge in [0.15, 0.2) is 5.82 Å². The molecule has 0 amide bonds. The monoisotopic (exact) mass is 292 g/mol. The van der Waals surface area contributed by atoms with E-state index in [0.29, 0.717) is 6.04 Å². The minimum Gasteiger partial charge on any atom is -0.373 e. The van der Waals surface area contributed by atoms with Crippen molar-refractivity contribution in [2.24, 2.45) is 0 Å². The summed E-state index contributed by atoms with van der Waals surface area (Å²) >= 11 is 0. The molecule has 1 atom stereocenters. The summed E-state index contributed by atoms with van der Waals surface area (Å²) < 4.78 is 0. The van der Waals surface area contributed by atoms with E-state index in [0.717, 1.165) is 42.9 Å². The van der Waals surface area contributed by atoms with Gasteiger partial charge in [-0.15, -0.1) is 0 Å². The van der Waals surface area contributed by atoms with Gasteiger partial charge in [-0.3, -0.25) is 0 Å². The van der Waals surface area contributed by atoms with Gasteiger partial charge in [-0.25, -0.2) is 9.97 Å². The zero-order valence-electron chi connectivity index (χ0n) is 14.1. The number of carbonyl (C=O) groups is 1. The second kappa shape index (κ2) is 7.96. The van der Waals surface area contributed by atoms with Gasteiger partial charge in [0.05, 0.1) is 17.9 Å². The Morgan fingerprint density at radius 3 is 2.24 bits per heavy atom. The average molecular weight is 292 g/mol. The highest BCUT2D eigenvalue weighted by molar-refractivity contribution is 5.72. The van der Waals surface area contributed by atoms with Crippen molar-refractivity contribution in [1.82, 2.24) is 9.97 Å². The van der Waals surface area contributed by atoms with E-state index in [9.17, 15) is 4.79 Å². The zero-order chi connectivity index (χ0) is 16.0. The molecular weight excluding hydrogens is 264 g/mol. The molecule has 118 valence electrons. The lowest BCUT2D eigenvalue weighted by Crippen LogP contribution is -2.45. The molecule has 0 bridgehead atoms. The van der Waals surface area contributed by atoms with Gasteiger partial charge in [0.2, 0.25) is 0 Å². The third kappa shape index (κ3) is 3.93. The average Bonchev–Trinajstić information content (AvgIpc) is 2.47. The molecule has 0 aliphatic rings. The van der Waals surface area contributed by atoms with Crippen LogP contribution in [0, 0.1) is 6.92 Å². The summed E-state index contributed by atoms with van der Waals surface area (Å²) in [4.78, 5) is 24.7. The molecule has 1 rings (SSSR count). The molecule has 5 nitrogen and oxygen atoms in total. The minimum absolute atomic E-state index is 0.150. The van der Waals surface area contributed by atoms with Gasteiger partial charge in [0, 0.05) is 20.1 Å². The van der Waals surface area contributed by atoms with E-state index in [1.165, 1.54) is 0 Å². The summed E-state index contributed by atoms with van der Waals surface area (Å²) in [6, 6.07) is 0.149. The Bertz CT molecular complexity index is 458. The van der Waals surface area contributed by atoms with Crippen molar-refractivity contribution < 1.29 is 4.79 Å². The molecule has 0 saturated carbocycles. The van der Waals surface area contributed by atoms with Gasteiger partial charge < -0.3 is 14.6 Å². The summed E-state index contributed by atoms with van der Waals surface area (Å²) in [5.41, 5.74) is 0.952. The molecule has 5 heteroatoms. The van der Waals surface area contributed by atoms with E-state index in [-0.39, 0.29) is 6.04 Å². The first-order chi connectivity index (χ1) is 9.99. The van der Waals surface area contributed by atoms with Crippen molar-refractivity contribution in [3.8, 4) is 0 Å². The van der Waals surface area contributed by atoms with E-state index in [1.807, 2.05) is 39.0 Å². The fourth-order valence-corrected chi connectivity index (χ4v) is 2.60. The van der Waals surface area contributed by atoms with Crippen molar-refractivity contribution >= 4 is 17.8 Å². The Morgan fingerprint density at radius 1 is 1.19 bits per heavy atom. The fourth-order valence-electron chi connectivity index (χ4n) is 2.60. The molecule has 0 aromatic carbocycles. The van der Waals surface area contributed by atoms with Gasteiger partial charge in [-0.1, -0.05) is 20.8 Å². The maximum atomic E-state index is 11.6. The number of carbonyl (C=O) groups excluding carboxylic acids is 1. The number of nitrogens with zero attached hydrogens (tertiary/aromatic N) is 4. The van der Waals surface area contributed by atoms with Crippen molar-refractivity contribution in [1.29, 1.82) is 0 Å². The second-order valence-corrected chi connectivity index (χ2v) is 5.51. The van der Waals surface area contributed by atoms with Gasteiger partial charge in [-0.2, -0.15) is 0 Å². The van der Waals surface area contributed by atoms with E-state index < -0.39 is 0 Å². The topological polar surface area (TPSA) is 49.3 Å². The third-order valence-electron chi connectivity index (χ3n) is 3.87. The van der Waals surface area contributed by atoms with Crippen LogP contribution in [-0.2, 0) is 4.79 Å². The molecule has 0 aliphatic carbocycles. The molecule has 0 radical (unpaired) electrons. The van der Waals surface area contributed by atoms with Gasteiger partial charge in [-0.05, 0) is 26.2 Å². The predicted octanol–water partition coefficient (Wildman–Crippen LogP) is 2.82. The van der Waals surface area contributed by atoms with Gasteiger partial charge in [0.1, 0.15) is 12.1 Å². The SMILES string of the molecule is CCC(C=O)N(c1nc(C)ncc1N(C)C)C(CC)CC. The molecule has 1 heterocycles. The molecule has 0 saturated heterocycles. The number of aryl methyl sites for hydroxylation is 1. The number of aromatic nitrogens is 2. The lowest BCUT2D eigenvalue weighted by Gasteiger charge is -2.37. The highest BCUT2D eigenvalue weighted by Crippen LogP contribution is 2.30. The van der Waals surface area contributed by atoms with Crippen molar-refractivity contribution in [2.45, 2.75) is 59.0 Å². The molecule has 1 unspecified atom stereocenters. The lowest BCUT2D eigenvalue weighted by molar-refractivity contribution is -0.109. The standard InChI is InChI=1S/C16H28N4O/c1-7-13(8-2)20(14(9-3)11-21)16-15(19(5)6)10-17-12(4)18-16/h10-11,13-14H,7-9H2,1-6H3. The van der Waals surface area contributed by atoms with Crippen LogP contribution in [0.5, 0.6) is 0 Å². The van der Waals surface area contributed by atoms with Crippen LogP contribution < -0.4 is 9.80 Å². The molecule has 21 heavy (non-hydrogen) atoms. The van der Waals surface area contributed by atoms with Crippen LogP contribution in [0.4, 0.5) is 11.5 Å². The number of anilines is 2. The molecule has 0 fully saturated rings. The number of rotatable bonds is 8. The first-order valence-electron chi connectivity index (χ1n) is 7.74. The smallest absolute Gasteiger partial charge is 0.156 e. The Balaban J connectivity index is 3.43. The van der Waals surface area contributed by atoms with Crippen molar-refractivity contribution in [3.63, 3.8) is 0 Å². The maximum absolute atomic E-state index is 11.6. The van der Waals surface area contributed by atoms with Crippen molar-refractivity contribution in [3.05, 3.63) is 12.0 Å². The van der Waals surface area contributed by atoms with Crippen LogP contribution in [0.1, 0.15) is 45.9 Å². The van der Waals surface area contributed by atoms with E-state index in [1.54, 1.807) is 0 Å². The Labute approximate surface area is 128 Å². The van der Waals surface area contributed by atoms with E-state index >= 15 is 0 Å². The van der Waals surface area contributed by atoms with Gasteiger partial charge in [0.25, 0.3) is 0 Å². The van der Waals surface area contributed by atoms with Crippen LogP contribution in [0.25, 0.3) is 0 Å². The second-order valence-electron chi connectivity index (χ2n) is 5.51. The summed E-state index contributed by atoms with van der Waals surface area (Å²) in [7, 11) is 3.95. The molecule has 0 N–H and O–H groups in total. The number of aldehydes is 1. The fraction of sp³-hybridized carbons (Fsp3) is 0.688. The Kier molecular flexibility index (Phi) is 6.59.